The van der Waals surface area contributed by atoms with E-state index in [2.05, 4.69) is 23.6 Å². The Balaban J connectivity index is 1.56. The number of aromatic nitrogens is 1. The molecule has 0 bridgehead atoms. The van der Waals surface area contributed by atoms with Crippen molar-refractivity contribution >= 4 is 16.8 Å². The molecule has 0 saturated carbocycles. The Morgan fingerprint density at radius 1 is 1.12 bits per heavy atom. The van der Waals surface area contributed by atoms with Crippen molar-refractivity contribution in [2.45, 2.75) is 12.5 Å². The molecule has 0 spiro atoms. The van der Waals surface area contributed by atoms with Gasteiger partial charge in [-0.3, -0.25) is 4.79 Å². The quantitative estimate of drug-likeness (QED) is 0.790. The molecule has 1 aromatic heterocycles. The van der Waals surface area contributed by atoms with Crippen LogP contribution in [0.3, 0.4) is 0 Å². The first-order valence-corrected chi connectivity index (χ1v) is 8.89. The van der Waals surface area contributed by atoms with Gasteiger partial charge in [-0.05, 0) is 69.0 Å². The summed E-state index contributed by atoms with van der Waals surface area (Å²) in [4.78, 5) is 16.9. The number of likely N-dealkylation sites (N-methyl/N-ethyl adjacent to an activating group) is 1. The van der Waals surface area contributed by atoms with Crippen molar-refractivity contribution in [3.8, 4) is 11.4 Å². The van der Waals surface area contributed by atoms with Crippen LogP contribution >= 0.6 is 0 Å². The van der Waals surface area contributed by atoms with Gasteiger partial charge in [-0.15, -0.1) is 0 Å². The molecule has 5 nitrogen and oxygen atoms in total. The number of phenols is 1. The van der Waals surface area contributed by atoms with Gasteiger partial charge < -0.3 is 19.5 Å². The van der Waals surface area contributed by atoms with E-state index in [0.717, 1.165) is 41.7 Å². The molecule has 1 fully saturated rings. The number of hydrogen-bond acceptors (Lipinski definition) is 3. The van der Waals surface area contributed by atoms with Gasteiger partial charge in [0.1, 0.15) is 5.75 Å². The van der Waals surface area contributed by atoms with Crippen LogP contribution in [0.2, 0.25) is 0 Å². The number of fused-ring (bicyclic) bond motifs is 1. The fourth-order valence-electron chi connectivity index (χ4n) is 3.65. The van der Waals surface area contributed by atoms with Crippen LogP contribution in [0.1, 0.15) is 16.8 Å². The van der Waals surface area contributed by atoms with E-state index in [9.17, 15) is 9.90 Å². The molecule has 1 N–H and O–H groups in total. The first-order chi connectivity index (χ1) is 12.5. The summed E-state index contributed by atoms with van der Waals surface area (Å²) in [5.41, 5.74) is 2.74. The van der Waals surface area contributed by atoms with E-state index in [1.54, 1.807) is 12.1 Å². The molecule has 1 aliphatic rings. The third-order valence-electron chi connectivity index (χ3n) is 5.25. The molecule has 2 aromatic carbocycles. The van der Waals surface area contributed by atoms with Crippen LogP contribution in [0.15, 0.2) is 54.7 Å². The average molecular weight is 349 g/mol. The van der Waals surface area contributed by atoms with Crippen LogP contribution in [0.4, 0.5) is 0 Å². The van der Waals surface area contributed by atoms with Gasteiger partial charge in [-0.2, -0.15) is 0 Å². The summed E-state index contributed by atoms with van der Waals surface area (Å²) in [6.07, 6.45) is 3.00. The second-order valence-electron chi connectivity index (χ2n) is 7.13. The third kappa shape index (κ3) is 2.95. The number of hydrogen-bond donors (Lipinski definition) is 1. The lowest BCUT2D eigenvalue weighted by Gasteiger charge is -2.20. The normalized spacial score (nSPS) is 17.3. The Labute approximate surface area is 153 Å². The molecule has 0 aliphatic carbocycles. The summed E-state index contributed by atoms with van der Waals surface area (Å²) in [5.74, 6) is 0.362. The number of rotatable bonds is 3. The van der Waals surface area contributed by atoms with Crippen molar-refractivity contribution in [1.82, 2.24) is 14.4 Å². The van der Waals surface area contributed by atoms with E-state index in [-0.39, 0.29) is 11.7 Å². The molecule has 1 amide bonds. The summed E-state index contributed by atoms with van der Waals surface area (Å²) >= 11 is 0. The number of phenolic OH excluding ortho intramolecular Hbond substituents is 1. The number of amides is 1. The summed E-state index contributed by atoms with van der Waals surface area (Å²) in [5, 5.41) is 10.6. The minimum absolute atomic E-state index is 0.100. The maximum Gasteiger partial charge on any atom is 0.253 e. The predicted molar refractivity (Wildman–Crippen MR) is 103 cm³/mol. The highest BCUT2D eigenvalue weighted by molar-refractivity contribution is 5.94. The molecule has 0 radical (unpaired) electrons. The molecule has 1 unspecified atom stereocenters. The fourth-order valence-corrected chi connectivity index (χ4v) is 3.65. The molecular weight excluding hydrogens is 326 g/mol. The van der Waals surface area contributed by atoms with Gasteiger partial charge in [0, 0.05) is 42.0 Å². The second kappa shape index (κ2) is 6.50. The molecule has 3 aromatic rings. The van der Waals surface area contributed by atoms with Crippen LogP contribution in [-0.2, 0) is 0 Å². The fraction of sp³-hybridized carbons (Fsp3) is 0.286. The van der Waals surface area contributed by atoms with Crippen LogP contribution in [-0.4, -0.2) is 58.6 Å². The number of benzene rings is 2. The van der Waals surface area contributed by atoms with Crippen LogP contribution < -0.4 is 0 Å². The number of nitrogens with zero attached hydrogens (tertiary/aromatic N) is 3. The Morgan fingerprint density at radius 2 is 1.88 bits per heavy atom. The van der Waals surface area contributed by atoms with Crippen molar-refractivity contribution in [2.24, 2.45) is 0 Å². The first-order valence-electron chi connectivity index (χ1n) is 8.89. The Kier molecular flexibility index (Phi) is 4.17. The zero-order chi connectivity index (χ0) is 18.3. The Morgan fingerprint density at radius 3 is 2.58 bits per heavy atom. The maximum atomic E-state index is 12.7. The molecular formula is C21H23N3O2. The van der Waals surface area contributed by atoms with Gasteiger partial charge in [0.05, 0.1) is 5.52 Å². The third-order valence-corrected chi connectivity index (χ3v) is 5.25. The van der Waals surface area contributed by atoms with E-state index in [1.165, 1.54) is 0 Å². The monoisotopic (exact) mass is 349 g/mol. The molecule has 1 aliphatic heterocycles. The molecule has 26 heavy (non-hydrogen) atoms. The number of carbonyl (C=O) groups is 1. The molecule has 134 valence electrons. The van der Waals surface area contributed by atoms with Crippen molar-refractivity contribution in [1.29, 1.82) is 0 Å². The molecule has 5 heteroatoms. The topological polar surface area (TPSA) is 48.7 Å². The van der Waals surface area contributed by atoms with Gasteiger partial charge in [-0.1, -0.05) is 0 Å². The minimum Gasteiger partial charge on any atom is -0.508 e. The van der Waals surface area contributed by atoms with Crippen LogP contribution in [0.25, 0.3) is 16.6 Å². The SMILES string of the molecule is CN(C)C1CCN(C(=O)c2ccc(-n3ccc4cc(O)ccc43)cc2)C1. The van der Waals surface area contributed by atoms with Crippen LogP contribution in [0.5, 0.6) is 5.75 Å². The zero-order valence-corrected chi connectivity index (χ0v) is 15.1. The number of carbonyl (C=O) groups excluding carboxylic acids is 1. The Hall–Kier alpha value is -2.79. The number of likely N-dealkylation sites (tertiary alicyclic amines) is 1. The van der Waals surface area contributed by atoms with E-state index < -0.39 is 0 Å². The van der Waals surface area contributed by atoms with E-state index in [0.29, 0.717) is 6.04 Å². The van der Waals surface area contributed by atoms with Gasteiger partial charge in [0.2, 0.25) is 0 Å². The molecule has 2 heterocycles. The van der Waals surface area contributed by atoms with E-state index in [1.807, 2.05) is 47.5 Å². The Bertz CT molecular complexity index is 944. The van der Waals surface area contributed by atoms with Crippen molar-refractivity contribution in [2.75, 3.05) is 27.2 Å². The smallest absolute Gasteiger partial charge is 0.253 e. The summed E-state index contributed by atoms with van der Waals surface area (Å²) in [6.45, 7) is 1.61. The highest BCUT2D eigenvalue weighted by Gasteiger charge is 2.27. The summed E-state index contributed by atoms with van der Waals surface area (Å²) in [6, 6.07) is 15.5. The average Bonchev–Trinajstić information content (AvgIpc) is 3.28. The predicted octanol–water partition coefficient (Wildman–Crippen LogP) is 3.11. The largest absolute Gasteiger partial charge is 0.508 e. The zero-order valence-electron chi connectivity index (χ0n) is 15.1. The summed E-state index contributed by atoms with van der Waals surface area (Å²) < 4.78 is 2.06. The lowest BCUT2D eigenvalue weighted by Crippen LogP contribution is -2.34. The van der Waals surface area contributed by atoms with Crippen molar-refractivity contribution in [3.05, 3.63) is 60.3 Å². The highest BCUT2D eigenvalue weighted by atomic mass is 16.3. The van der Waals surface area contributed by atoms with Crippen molar-refractivity contribution < 1.29 is 9.90 Å². The second-order valence-corrected chi connectivity index (χ2v) is 7.13. The van der Waals surface area contributed by atoms with Crippen LogP contribution in [0, 0.1) is 0 Å². The van der Waals surface area contributed by atoms with Gasteiger partial charge in [-0.25, -0.2) is 0 Å². The minimum atomic E-state index is 0.100. The molecule has 1 saturated heterocycles. The standard InChI is InChI=1S/C21H23N3O2/c1-22(2)18-10-11-23(14-18)21(26)15-3-5-17(6-4-15)24-12-9-16-13-19(25)7-8-20(16)24/h3-9,12-13,18,25H,10-11,14H2,1-2H3. The number of aromatic hydroxyl groups is 1. The van der Waals surface area contributed by atoms with Gasteiger partial charge >= 0.3 is 0 Å². The van der Waals surface area contributed by atoms with E-state index in [4.69, 9.17) is 0 Å². The van der Waals surface area contributed by atoms with Crippen molar-refractivity contribution in [3.63, 3.8) is 0 Å². The first kappa shape index (κ1) is 16.7. The highest BCUT2D eigenvalue weighted by Crippen LogP contribution is 2.24. The molecule has 1 atom stereocenters. The molecule has 4 rings (SSSR count). The summed E-state index contributed by atoms with van der Waals surface area (Å²) in [7, 11) is 4.13. The van der Waals surface area contributed by atoms with E-state index >= 15 is 0 Å². The lowest BCUT2D eigenvalue weighted by molar-refractivity contribution is 0.0783. The maximum absolute atomic E-state index is 12.7. The lowest BCUT2D eigenvalue weighted by atomic mass is 10.1. The van der Waals surface area contributed by atoms with Gasteiger partial charge in [0.15, 0.2) is 0 Å². The van der Waals surface area contributed by atoms with Gasteiger partial charge in [0.25, 0.3) is 5.91 Å².